The zero-order valence-electron chi connectivity index (χ0n) is 33.4. The summed E-state index contributed by atoms with van der Waals surface area (Å²) < 4.78 is 2.30. The molecule has 7 rings (SSSR count). The number of hydrogen-bond donors (Lipinski definition) is 1. The van der Waals surface area contributed by atoms with Crippen molar-refractivity contribution in [2.75, 3.05) is 29.9 Å². The molecule has 0 fully saturated rings. The van der Waals surface area contributed by atoms with Crippen LogP contribution in [0.25, 0.3) is 0 Å². The number of allylic oxidation sites excluding steroid dienone is 6. The number of fused-ring (bicyclic) bond motifs is 4. The number of hydrogen-bond acceptors (Lipinski definition) is 3. The molecule has 0 aromatic heterocycles. The molecule has 1 N–H and O–H groups in total. The minimum Gasteiger partial charge on any atom is -0.356 e. The molecular formula is C50H53N4O2+. The van der Waals surface area contributed by atoms with Crippen LogP contribution in [-0.4, -0.2) is 42.2 Å². The molecule has 0 atom stereocenters. The van der Waals surface area contributed by atoms with Crippen molar-refractivity contribution in [2.45, 2.75) is 77.2 Å². The fourth-order valence-electron chi connectivity index (χ4n) is 8.51. The second-order valence-corrected chi connectivity index (χ2v) is 16.0. The number of anilines is 2. The second-order valence-electron chi connectivity index (χ2n) is 16.0. The molecule has 0 bridgehead atoms. The molecule has 0 spiro atoms. The van der Waals surface area contributed by atoms with Crippen LogP contribution >= 0.6 is 0 Å². The van der Waals surface area contributed by atoms with Gasteiger partial charge < -0.3 is 15.1 Å². The minimum absolute atomic E-state index is 0.0114. The highest BCUT2D eigenvalue weighted by Gasteiger charge is 2.42. The van der Waals surface area contributed by atoms with E-state index in [2.05, 4.69) is 140 Å². The predicted octanol–water partition coefficient (Wildman–Crippen LogP) is 9.50. The molecular weight excluding hydrogens is 689 g/mol. The Morgan fingerprint density at radius 3 is 2.21 bits per heavy atom. The van der Waals surface area contributed by atoms with E-state index in [1.807, 2.05) is 48.5 Å². The minimum atomic E-state index is -0.128. The maximum atomic E-state index is 13.5. The fourth-order valence-corrected chi connectivity index (χ4v) is 8.51. The van der Waals surface area contributed by atoms with E-state index in [0.717, 1.165) is 48.2 Å². The Kier molecular flexibility index (Phi) is 11.3. The molecule has 3 heterocycles. The molecule has 0 aliphatic carbocycles. The standard InChI is InChI=1S/C50H52N4O2/c1-49(2)40-23-14-17-26-43(40)52(5)45(49)28-8-6-9-29-46-50(3,4)41-24-15-18-27-44(41)53(46)35-19-7-10-30-47(55)51-34-33-48(56)54-36-39-22-12-11-20-37(39)31-32-38-21-13-16-25-42(38)54/h6,8-9,11-18,20-29H,7,10,19,30,33-36H2,1-5H3/p+1. The molecule has 3 aliphatic heterocycles. The van der Waals surface area contributed by atoms with Gasteiger partial charge in [-0.15, -0.1) is 0 Å². The Hall–Kier alpha value is -5.93. The van der Waals surface area contributed by atoms with Crippen LogP contribution in [0.3, 0.4) is 0 Å². The van der Waals surface area contributed by atoms with Crippen molar-refractivity contribution in [2.24, 2.45) is 0 Å². The number of nitrogens with zero attached hydrogens (tertiary/aromatic N) is 3. The highest BCUT2D eigenvalue weighted by Crippen LogP contribution is 2.47. The van der Waals surface area contributed by atoms with E-state index >= 15 is 0 Å². The number of unbranched alkanes of at least 4 members (excludes halogenated alkanes) is 2. The normalized spacial score (nSPS) is 16.9. The Balaban J connectivity index is 0.910. The molecule has 4 aromatic rings. The molecule has 0 saturated heterocycles. The SMILES string of the molecule is C[N+]1=C(C=CC=CC=C2N(CCCCCC(=O)NCCC(=O)N3Cc4ccccc4C#Cc4ccccc43)c3ccccc3C2(C)C)C(C)(C)c2ccccc21. The Bertz CT molecular complexity index is 2330. The first-order valence-corrected chi connectivity index (χ1v) is 20.0. The van der Waals surface area contributed by atoms with E-state index < -0.39 is 0 Å². The summed E-state index contributed by atoms with van der Waals surface area (Å²) in [6.07, 6.45) is 14.3. The number of para-hydroxylation sites is 3. The lowest BCUT2D eigenvalue weighted by molar-refractivity contribution is -0.401. The summed E-state index contributed by atoms with van der Waals surface area (Å²) in [5.74, 6) is 6.46. The molecule has 3 aliphatic rings. The van der Waals surface area contributed by atoms with Gasteiger partial charge in [0.1, 0.15) is 7.05 Å². The number of carbonyl (C=O) groups excluding carboxylic acids is 2. The van der Waals surface area contributed by atoms with Gasteiger partial charge in [0.2, 0.25) is 17.5 Å². The lowest BCUT2D eigenvalue weighted by atomic mass is 9.81. The largest absolute Gasteiger partial charge is 0.356 e. The van der Waals surface area contributed by atoms with Crippen LogP contribution in [0.5, 0.6) is 0 Å². The van der Waals surface area contributed by atoms with Crippen LogP contribution in [0.1, 0.15) is 87.6 Å². The molecule has 2 amide bonds. The lowest BCUT2D eigenvalue weighted by Crippen LogP contribution is -2.35. The molecule has 6 heteroatoms. The van der Waals surface area contributed by atoms with Gasteiger partial charge in [0.25, 0.3) is 0 Å². The van der Waals surface area contributed by atoms with Crippen LogP contribution in [-0.2, 0) is 27.0 Å². The topological polar surface area (TPSA) is 55.7 Å². The quantitative estimate of drug-likeness (QED) is 0.0682. The van der Waals surface area contributed by atoms with Crippen molar-refractivity contribution < 1.29 is 14.2 Å². The highest BCUT2D eigenvalue weighted by atomic mass is 16.2. The summed E-state index contributed by atoms with van der Waals surface area (Å²) in [5, 5.41) is 3.00. The number of nitrogens with one attached hydrogen (secondary N) is 1. The van der Waals surface area contributed by atoms with Gasteiger partial charge in [0, 0.05) is 71.6 Å². The smallest absolute Gasteiger partial charge is 0.229 e. The number of benzene rings is 4. The number of rotatable bonds is 12. The monoisotopic (exact) mass is 741 g/mol. The first-order chi connectivity index (χ1) is 27.1. The third-order valence-corrected chi connectivity index (χ3v) is 11.6. The summed E-state index contributed by atoms with van der Waals surface area (Å²) in [6.45, 7) is 10.8. The van der Waals surface area contributed by atoms with E-state index in [1.165, 1.54) is 33.9 Å². The van der Waals surface area contributed by atoms with Crippen molar-refractivity contribution in [1.29, 1.82) is 0 Å². The molecule has 56 heavy (non-hydrogen) atoms. The van der Waals surface area contributed by atoms with E-state index in [1.54, 1.807) is 4.90 Å². The maximum absolute atomic E-state index is 13.5. The maximum Gasteiger partial charge on any atom is 0.229 e. The second kappa shape index (κ2) is 16.4. The van der Waals surface area contributed by atoms with Crippen molar-refractivity contribution in [1.82, 2.24) is 5.32 Å². The van der Waals surface area contributed by atoms with E-state index in [0.29, 0.717) is 19.5 Å². The third kappa shape index (κ3) is 7.77. The van der Waals surface area contributed by atoms with Crippen LogP contribution < -0.4 is 15.1 Å². The van der Waals surface area contributed by atoms with Crippen molar-refractivity contribution in [3.8, 4) is 11.8 Å². The summed E-state index contributed by atoms with van der Waals surface area (Å²) in [4.78, 5) is 30.7. The number of carbonyl (C=O) groups is 2. The average molecular weight is 742 g/mol. The van der Waals surface area contributed by atoms with Crippen LogP contribution in [0, 0.1) is 11.8 Å². The fraction of sp³-hybridized carbons (Fsp3) is 0.300. The number of amides is 2. The summed E-state index contributed by atoms with van der Waals surface area (Å²) in [6, 6.07) is 33.1. The summed E-state index contributed by atoms with van der Waals surface area (Å²) in [7, 11) is 2.15. The van der Waals surface area contributed by atoms with Gasteiger partial charge in [-0.1, -0.05) is 117 Å². The van der Waals surface area contributed by atoms with E-state index in [9.17, 15) is 9.59 Å². The lowest BCUT2D eigenvalue weighted by Gasteiger charge is -2.27. The average Bonchev–Trinajstić information content (AvgIpc) is 3.52. The third-order valence-electron chi connectivity index (χ3n) is 11.6. The zero-order chi connectivity index (χ0) is 39.3. The van der Waals surface area contributed by atoms with Gasteiger partial charge in [-0.3, -0.25) is 9.59 Å². The molecule has 0 saturated carbocycles. The van der Waals surface area contributed by atoms with Crippen molar-refractivity contribution in [3.63, 3.8) is 0 Å². The van der Waals surface area contributed by atoms with Gasteiger partial charge in [0.15, 0.2) is 5.71 Å². The van der Waals surface area contributed by atoms with Gasteiger partial charge in [-0.25, -0.2) is 0 Å². The van der Waals surface area contributed by atoms with Gasteiger partial charge in [0.05, 0.1) is 17.6 Å². The Morgan fingerprint density at radius 2 is 1.41 bits per heavy atom. The molecule has 6 nitrogen and oxygen atoms in total. The van der Waals surface area contributed by atoms with Crippen molar-refractivity contribution >= 4 is 34.6 Å². The Labute approximate surface area is 333 Å². The summed E-state index contributed by atoms with van der Waals surface area (Å²) >= 11 is 0. The molecule has 0 radical (unpaired) electrons. The zero-order valence-corrected chi connectivity index (χ0v) is 33.4. The van der Waals surface area contributed by atoms with Gasteiger partial charge in [-0.2, -0.15) is 4.58 Å². The highest BCUT2D eigenvalue weighted by molar-refractivity contribution is 6.03. The first kappa shape index (κ1) is 38.3. The first-order valence-electron chi connectivity index (χ1n) is 20.0. The molecule has 284 valence electrons. The van der Waals surface area contributed by atoms with Crippen LogP contribution in [0.15, 0.2) is 133 Å². The predicted molar refractivity (Wildman–Crippen MR) is 230 cm³/mol. The van der Waals surface area contributed by atoms with Crippen LogP contribution in [0.2, 0.25) is 0 Å². The summed E-state index contributed by atoms with van der Waals surface area (Å²) in [5.41, 5.74) is 11.2. The van der Waals surface area contributed by atoms with E-state index in [-0.39, 0.29) is 29.1 Å². The molecule has 4 aromatic carbocycles. The Morgan fingerprint density at radius 1 is 0.732 bits per heavy atom. The van der Waals surface area contributed by atoms with Crippen molar-refractivity contribution in [3.05, 3.63) is 161 Å². The van der Waals surface area contributed by atoms with Gasteiger partial charge >= 0.3 is 0 Å². The van der Waals surface area contributed by atoms with Crippen LogP contribution in [0.4, 0.5) is 17.1 Å². The van der Waals surface area contributed by atoms with E-state index in [4.69, 9.17) is 0 Å². The molecule has 0 unspecified atom stereocenters. The van der Waals surface area contributed by atoms with Gasteiger partial charge in [-0.05, 0) is 68.2 Å².